The third kappa shape index (κ3) is 3.45. The number of carbonyl (C=O) groups is 1. The van der Waals surface area contributed by atoms with Gasteiger partial charge in [0.1, 0.15) is 0 Å². The molecule has 0 spiro atoms. The Morgan fingerprint density at radius 3 is 2.76 bits per heavy atom. The molecule has 0 aliphatic heterocycles. The molecule has 1 aromatic carbocycles. The summed E-state index contributed by atoms with van der Waals surface area (Å²) in [5.41, 5.74) is 0.145. The van der Waals surface area contributed by atoms with Crippen molar-refractivity contribution in [1.82, 2.24) is 0 Å². The molecule has 0 saturated heterocycles. The molecule has 0 unspecified atom stereocenters. The fourth-order valence-corrected chi connectivity index (χ4v) is 1.78. The molecule has 1 aromatic rings. The molecule has 0 N–H and O–H groups in total. The van der Waals surface area contributed by atoms with Gasteiger partial charge in [-0.15, -0.1) is 11.8 Å². The van der Waals surface area contributed by atoms with Crippen LogP contribution in [0.1, 0.15) is 23.7 Å². The van der Waals surface area contributed by atoms with Crippen molar-refractivity contribution in [2.75, 3.05) is 12.9 Å². The number of rotatable bonds is 5. The van der Waals surface area contributed by atoms with Gasteiger partial charge in [-0.25, -0.2) is 4.79 Å². The molecular weight excluding hydrogens is 242 g/mol. The van der Waals surface area contributed by atoms with Crippen molar-refractivity contribution < 1.29 is 14.5 Å². The normalized spacial score (nSPS) is 10.0. The minimum absolute atomic E-state index is 0.0663. The fraction of sp³-hybridized carbons (Fsp3) is 0.364. The Balaban J connectivity index is 2.99. The van der Waals surface area contributed by atoms with Crippen LogP contribution in [0.2, 0.25) is 0 Å². The average Bonchev–Trinajstić information content (AvgIpc) is 2.34. The van der Waals surface area contributed by atoms with Crippen LogP contribution in [0.3, 0.4) is 0 Å². The summed E-state index contributed by atoms with van der Waals surface area (Å²) in [6.07, 6.45) is 2.47. The second-order valence-corrected chi connectivity index (χ2v) is 4.13. The number of hydrogen-bond acceptors (Lipinski definition) is 5. The molecule has 0 atom stereocenters. The maximum Gasteiger partial charge on any atom is 0.338 e. The summed E-state index contributed by atoms with van der Waals surface area (Å²) < 4.78 is 4.92. The molecule has 6 heteroatoms. The van der Waals surface area contributed by atoms with Crippen molar-refractivity contribution in [3.63, 3.8) is 0 Å². The van der Waals surface area contributed by atoms with Crippen LogP contribution < -0.4 is 0 Å². The quantitative estimate of drug-likeness (QED) is 0.350. The van der Waals surface area contributed by atoms with Crippen LogP contribution >= 0.6 is 11.8 Å². The zero-order chi connectivity index (χ0) is 12.8. The number of carbonyl (C=O) groups excluding carboxylic acids is 1. The highest BCUT2D eigenvalue weighted by Gasteiger charge is 2.17. The molecule has 0 aliphatic rings. The van der Waals surface area contributed by atoms with Gasteiger partial charge >= 0.3 is 5.97 Å². The molecular formula is C11H13NO4S. The Morgan fingerprint density at radius 2 is 2.24 bits per heavy atom. The van der Waals surface area contributed by atoms with E-state index in [4.69, 9.17) is 4.74 Å². The van der Waals surface area contributed by atoms with Crippen molar-refractivity contribution in [3.05, 3.63) is 33.9 Å². The molecule has 0 fully saturated rings. The summed E-state index contributed by atoms with van der Waals surface area (Å²) in [4.78, 5) is 22.4. The molecule has 17 heavy (non-hydrogen) atoms. The zero-order valence-corrected chi connectivity index (χ0v) is 10.5. The van der Waals surface area contributed by atoms with E-state index < -0.39 is 10.9 Å². The van der Waals surface area contributed by atoms with Gasteiger partial charge < -0.3 is 4.74 Å². The first kappa shape index (κ1) is 13.5. The third-order valence-electron chi connectivity index (χ3n) is 2.05. The topological polar surface area (TPSA) is 69.4 Å². The van der Waals surface area contributed by atoms with Crippen LogP contribution in [0.15, 0.2) is 23.1 Å². The maximum atomic E-state index is 11.5. The van der Waals surface area contributed by atoms with Gasteiger partial charge in [0.2, 0.25) is 0 Å². The maximum absolute atomic E-state index is 11.5. The summed E-state index contributed by atoms with van der Waals surface area (Å²) in [6, 6.07) is 4.35. The van der Waals surface area contributed by atoms with Crippen LogP contribution in [0.25, 0.3) is 0 Å². The number of esters is 1. The van der Waals surface area contributed by atoms with E-state index in [-0.39, 0.29) is 11.3 Å². The van der Waals surface area contributed by atoms with Gasteiger partial charge in [0.25, 0.3) is 5.69 Å². The van der Waals surface area contributed by atoms with Crippen LogP contribution in [-0.2, 0) is 4.74 Å². The molecule has 0 saturated carbocycles. The van der Waals surface area contributed by atoms with Crippen LogP contribution in [0, 0.1) is 10.1 Å². The number of benzene rings is 1. The molecule has 0 aliphatic carbocycles. The van der Waals surface area contributed by atoms with Crippen molar-refractivity contribution in [2.24, 2.45) is 0 Å². The van der Waals surface area contributed by atoms with E-state index >= 15 is 0 Å². The lowest BCUT2D eigenvalue weighted by atomic mass is 10.2. The summed E-state index contributed by atoms with van der Waals surface area (Å²) in [5.74, 6) is -0.525. The van der Waals surface area contributed by atoms with E-state index in [0.29, 0.717) is 11.5 Å². The molecule has 0 bridgehead atoms. The van der Waals surface area contributed by atoms with E-state index in [1.165, 1.54) is 23.9 Å². The summed E-state index contributed by atoms with van der Waals surface area (Å²) in [5, 5.41) is 10.8. The van der Waals surface area contributed by atoms with Crippen LogP contribution in [-0.4, -0.2) is 23.8 Å². The summed E-state index contributed by atoms with van der Waals surface area (Å²) in [7, 11) is 0. The molecule has 0 radical (unpaired) electrons. The van der Waals surface area contributed by atoms with Crippen molar-refractivity contribution in [1.29, 1.82) is 0 Å². The zero-order valence-electron chi connectivity index (χ0n) is 9.63. The van der Waals surface area contributed by atoms with E-state index in [9.17, 15) is 14.9 Å². The lowest BCUT2D eigenvalue weighted by Crippen LogP contribution is -2.06. The molecule has 5 nitrogen and oxygen atoms in total. The Labute approximate surface area is 103 Å². The summed E-state index contributed by atoms with van der Waals surface area (Å²) >= 11 is 1.27. The molecule has 0 amide bonds. The predicted octanol–water partition coefficient (Wildman–Crippen LogP) is 2.88. The van der Waals surface area contributed by atoms with E-state index in [1.54, 1.807) is 12.3 Å². The first-order valence-electron chi connectivity index (χ1n) is 5.09. The number of hydrogen-bond donors (Lipinski definition) is 0. The van der Waals surface area contributed by atoms with E-state index in [0.717, 1.165) is 6.42 Å². The van der Waals surface area contributed by atoms with Gasteiger partial charge in [0, 0.05) is 6.07 Å². The largest absolute Gasteiger partial charge is 0.462 e. The lowest BCUT2D eigenvalue weighted by Gasteiger charge is -2.04. The average molecular weight is 255 g/mol. The minimum Gasteiger partial charge on any atom is -0.462 e. The lowest BCUT2D eigenvalue weighted by molar-refractivity contribution is -0.387. The molecule has 1 rings (SSSR count). The van der Waals surface area contributed by atoms with Gasteiger partial charge in [-0.05, 0) is 24.8 Å². The first-order chi connectivity index (χ1) is 8.10. The minimum atomic E-state index is -0.525. The highest BCUT2D eigenvalue weighted by molar-refractivity contribution is 7.98. The molecule has 0 aromatic heterocycles. The SMILES string of the molecule is CCCOC(=O)c1ccc(SC)c([N+](=O)[O-])c1. The summed E-state index contributed by atoms with van der Waals surface area (Å²) in [6.45, 7) is 2.20. The Bertz CT molecular complexity index is 433. The fourth-order valence-electron chi connectivity index (χ4n) is 1.24. The van der Waals surface area contributed by atoms with Crippen LogP contribution in [0.5, 0.6) is 0 Å². The monoisotopic (exact) mass is 255 g/mol. The highest BCUT2D eigenvalue weighted by Crippen LogP contribution is 2.28. The predicted molar refractivity (Wildman–Crippen MR) is 65.5 cm³/mol. The van der Waals surface area contributed by atoms with Gasteiger partial charge in [-0.2, -0.15) is 0 Å². The van der Waals surface area contributed by atoms with Crippen molar-refractivity contribution >= 4 is 23.4 Å². The smallest absolute Gasteiger partial charge is 0.338 e. The van der Waals surface area contributed by atoms with Crippen LogP contribution in [0.4, 0.5) is 5.69 Å². The Kier molecular flexibility index (Phi) is 4.96. The standard InChI is InChI=1S/C11H13NO4S/c1-3-6-16-11(13)8-4-5-10(17-2)9(7-8)12(14)15/h4-5,7H,3,6H2,1-2H3. The van der Waals surface area contributed by atoms with Crippen molar-refractivity contribution in [3.8, 4) is 0 Å². The highest BCUT2D eigenvalue weighted by atomic mass is 32.2. The second-order valence-electron chi connectivity index (χ2n) is 3.28. The van der Waals surface area contributed by atoms with Crippen molar-refractivity contribution in [2.45, 2.75) is 18.2 Å². The van der Waals surface area contributed by atoms with E-state index in [1.807, 2.05) is 6.92 Å². The number of nitro groups is 1. The number of ether oxygens (including phenoxy) is 1. The molecule has 92 valence electrons. The van der Waals surface area contributed by atoms with Gasteiger partial charge in [-0.3, -0.25) is 10.1 Å². The van der Waals surface area contributed by atoms with Gasteiger partial charge in [-0.1, -0.05) is 6.92 Å². The Morgan fingerprint density at radius 1 is 1.53 bits per heavy atom. The second kappa shape index (κ2) is 6.24. The first-order valence-corrected chi connectivity index (χ1v) is 6.32. The number of nitro benzene ring substituents is 1. The van der Waals surface area contributed by atoms with E-state index in [2.05, 4.69) is 0 Å². The van der Waals surface area contributed by atoms with Gasteiger partial charge in [0.05, 0.1) is 22.0 Å². The number of thioether (sulfide) groups is 1. The number of nitrogens with zero attached hydrogens (tertiary/aromatic N) is 1. The third-order valence-corrected chi connectivity index (χ3v) is 2.83. The van der Waals surface area contributed by atoms with Gasteiger partial charge in [0.15, 0.2) is 0 Å². The Hall–Kier alpha value is -1.56. The molecule has 0 heterocycles.